The monoisotopic (exact) mass is 227 g/mol. The highest BCUT2D eigenvalue weighted by molar-refractivity contribution is 5.68. The number of alkyl carbamates (subject to hydrolysis) is 1. The number of ether oxygens (including phenoxy) is 1. The van der Waals surface area contributed by atoms with Crippen molar-refractivity contribution in [3.63, 3.8) is 0 Å². The third-order valence-corrected chi connectivity index (χ3v) is 3.29. The molecule has 3 unspecified atom stereocenters. The minimum Gasteiger partial charge on any atom is -0.444 e. The number of carbonyl (C=O) groups excluding carboxylic acids is 1. The molecule has 1 saturated carbocycles. The molecule has 1 aliphatic rings. The average molecular weight is 227 g/mol. The Balaban J connectivity index is 2.36. The van der Waals surface area contributed by atoms with E-state index in [9.17, 15) is 4.79 Å². The first-order valence-electron chi connectivity index (χ1n) is 6.31. The van der Waals surface area contributed by atoms with Crippen LogP contribution in [0.2, 0.25) is 0 Å². The molecule has 1 amide bonds. The van der Waals surface area contributed by atoms with Crippen LogP contribution in [0.1, 0.15) is 53.9 Å². The molecular weight excluding hydrogens is 202 g/mol. The van der Waals surface area contributed by atoms with Crippen LogP contribution in [-0.2, 0) is 4.74 Å². The molecule has 0 heterocycles. The van der Waals surface area contributed by atoms with Gasteiger partial charge >= 0.3 is 6.09 Å². The van der Waals surface area contributed by atoms with Crippen LogP contribution >= 0.6 is 0 Å². The Hall–Kier alpha value is -0.730. The molecule has 0 aromatic heterocycles. The summed E-state index contributed by atoms with van der Waals surface area (Å²) in [5, 5.41) is 2.97. The molecule has 0 aromatic rings. The zero-order chi connectivity index (χ0) is 12.3. The van der Waals surface area contributed by atoms with Gasteiger partial charge in [0.25, 0.3) is 0 Å². The lowest BCUT2D eigenvalue weighted by molar-refractivity contribution is 0.0504. The summed E-state index contributed by atoms with van der Waals surface area (Å²) in [6.45, 7) is 10.2. The standard InChI is InChI=1S/C13H25NO2/c1-6-10-8-11(7-9(10)2)14-12(15)16-13(3,4)5/h9-11H,6-8H2,1-5H3,(H,14,15). The molecule has 0 aliphatic heterocycles. The van der Waals surface area contributed by atoms with Crippen LogP contribution in [0.5, 0.6) is 0 Å². The van der Waals surface area contributed by atoms with Crippen molar-refractivity contribution in [1.82, 2.24) is 5.32 Å². The van der Waals surface area contributed by atoms with Gasteiger partial charge in [-0.05, 0) is 45.4 Å². The van der Waals surface area contributed by atoms with Gasteiger partial charge in [-0.2, -0.15) is 0 Å². The van der Waals surface area contributed by atoms with Gasteiger partial charge in [-0.3, -0.25) is 0 Å². The summed E-state index contributed by atoms with van der Waals surface area (Å²) < 4.78 is 5.25. The minimum atomic E-state index is -0.404. The van der Waals surface area contributed by atoms with E-state index in [2.05, 4.69) is 19.2 Å². The Labute approximate surface area is 98.9 Å². The lowest BCUT2D eigenvalue weighted by atomic mass is 9.96. The van der Waals surface area contributed by atoms with Crippen molar-refractivity contribution in [1.29, 1.82) is 0 Å². The summed E-state index contributed by atoms with van der Waals surface area (Å²) in [5.41, 5.74) is -0.404. The zero-order valence-corrected chi connectivity index (χ0v) is 11.2. The molecular formula is C13H25NO2. The largest absolute Gasteiger partial charge is 0.444 e. The normalized spacial score (nSPS) is 30.2. The first-order valence-corrected chi connectivity index (χ1v) is 6.31. The molecule has 0 radical (unpaired) electrons. The van der Waals surface area contributed by atoms with E-state index in [0.717, 1.165) is 18.8 Å². The van der Waals surface area contributed by atoms with Gasteiger partial charge in [0.15, 0.2) is 0 Å². The van der Waals surface area contributed by atoms with Gasteiger partial charge in [0, 0.05) is 6.04 Å². The van der Waals surface area contributed by atoms with Crippen LogP contribution < -0.4 is 5.32 Å². The van der Waals surface area contributed by atoms with E-state index in [1.807, 2.05) is 20.8 Å². The molecule has 0 saturated heterocycles. The molecule has 16 heavy (non-hydrogen) atoms. The predicted molar refractivity (Wildman–Crippen MR) is 65.3 cm³/mol. The molecule has 3 heteroatoms. The maximum Gasteiger partial charge on any atom is 0.407 e. The highest BCUT2D eigenvalue weighted by atomic mass is 16.6. The van der Waals surface area contributed by atoms with Gasteiger partial charge in [-0.15, -0.1) is 0 Å². The van der Waals surface area contributed by atoms with Gasteiger partial charge < -0.3 is 10.1 Å². The Bertz CT molecular complexity index is 245. The fourth-order valence-electron chi connectivity index (χ4n) is 2.50. The highest BCUT2D eigenvalue weighted by Crippen LogP contribution is 2.33. The average Bonchev–Trinajstić information content (AvgIpc) is 2.42. The van der Waals surface area contributed by atoms with Crippen molar-refractivity contribution in [2.45, 2.75) is 65.5 Å². The Morgan fingerprint density at radius 2 is 2.00 bits per heavy atom. The molecule has 0 bridgehead atoms. The summed E-state index contributed by atoms with van der Waals surface area (Å²) in [6.07, 6.45) is 3.10. The number of hydrogen-bond acceptors (Lipinski definition) is 2. The molecule has 1 aliphatic carbocycles. The Morgan fingerprint density at radius 1 is 1.38 bits per heavy atom. The van der Waals surface area contributed by atoms with Crippen LogP contribution in [0.4, 0.5) is 4.79 Å². The highest BCUT2D eigenvalue weighted by Gasteiger charge is 2.31. The number of hydrogen-bond donors (Lipinski definition) is 1. The molecule has 0 aromatic carbocycles. The second-order valence-corrected chi connectivity index (χ2v) is 5.96. The molecule has 3 nitrogen and oxygen atoms in total. The number of carbonyl (C=O) groups is 1. The lowest BCUT2D eigenvalue weighted by Gasteiger charge is -2.21. The summed E-state index contributed by atoms with van der Waals surface area (Å²) in [6, 6.07) is 0.301. The molecule has 3 atom stereocenters. The summed E-state index contributed by atoms with van der Waals surface area (Å²) in [7, 11) is 0. The van der Waals surface area contributed by atoms with E-state index in [4.69, 9.17) is 4.74 Å². The third-order valence-electron chi connectivity index (χ3n) is 3.29. The van der Waals surface area contributed by atoms with Gasteiger partial charge in [0.2, 0.25) is 0 Å². The number of rotatable bonds is 2. The van der Waals surface area contributed by atoms with Gasteiger partial charge in [-0.25, -0.2) is 4.79 Å². The van der Waals surface area contributed by atoms with Crippen LogP contribution in [0, 0.1) is 11.8 Å². The summed E-state index contributed by atoms with van der Waals surface area (Å²) >= 11 is 0. The van der Waals surface area contributed by atoms with E-state index in [0.29, 0.717) is 12.0 Å². The van der Waals surface area contributed by atoms with Crippen molar-refractivity contribution in [2.24, 2.45) is 11.8 Å². The van der Waals surface area contributed by atoms with E-state index >= 15 is 0 Å². The van der Waals surface area contributed by atoms with E-state index in [-0.39, 0.29) is 6.09 Å². The minimum absolute atomic E-state index is 0.276. The first kappa shape index (κ1) is 13.3. The molecule has 0 spiro atoms. The fraction of sp³-hybridized carbons (Fsp3) is 0.923. The van der Waals surface area contributed by atoms with Crippen molar-refractivity contribution in [3.05, 3.63) is 0 Å². The van der Waals surface area contributed by atoms with Gasteiger partial charge in [0.1, 0.15) is 5.60 Å². The smallest absolute Gasteiger partial charge is 0.407 e. The molecule has 1 rings (SSSR count). The SMILES string of the molecule is CCC1CC(NC(=O)OC(C)(C)C)CC1C. The second-order valence-electron chi connectivity index (χ2n) is 5.96. The van der Waals surface area contributed by atoms with Crippen molar-refractivity contribution in [2.75, 3.05) is 0 Å². The second kappa shape index (κ2) is 5.07. The summed E-state index contributed by atoms with van der Waals surface area (Å²) in [4.78, 5) is 11.6. The van der Waals surface area contributed by atoms with Gasteiger partial charge in [0.05, 0.1) is 0 Å². The molecule has 1 N–H and O–H groups in total. The first-order chi connectivity index (χ1) is 7.31. The Morgan fingerprint density at radius 3 is 2.44 bits per heavy atom. The van der Waals surface area contributed by atoms with Crippen molar-refractivity contribution in [3.8, 4) is 0 Å². The van der Waals surface area contributed by atoms with E-state index in [1.54, 1.807) is 0 Å². The zero-order valence-electron chi connectivity index (χ0n) is 11.2. The van der Waals surface area contributed by atoms with Crippen LogP contribution in [0.25, 0.3) is 0 Å². The maximum atomic E-state index is 11.6. The van der Waals surface area contributed by atoms with Crippen molar-refractivity contribution < 1.29 is 9.53 Å². The van der Waals surface area contributed by atoms with E-state index in [1.165, 1.54) is 6.42 Å². The van der Waals surface area contributed by atoms with E-state index < -0.39 is 5.60 Å². The molecule has 1 fully saturated rings. The van der Waals surface area contributed by atoms with Crippen LogP contribution in [-0.4, -0.2) is 17.7 Å². The predicted octanol–water partition coefficient (Wildman–Crippen LogP) is 3.34. The lowest BCUT2D eigenvalue weighted by Crippen LogP contribution is -2.38. The van der Waals surface area contributed by atoms with Crippen LogP contribution in [0.15, 0.2) is 0 Å². The Kier molecular flexibility index (Phi) is 4.22. The third kappa shape index (κ3) is 4.03. The van der Waals surface area contributed by atoms with Gasteiger partial charge in [-0.1, -0.05) is 20.3 Å². The topological polar surface area (TPSA) is 38.3 Å². The maximum absolute atomic E-state index is 11.6. The number of nitrogens with one attached hydrogen (secondary N) is 1. The summed E-state index contributed by atoms with van der Waals surface area (Å²) in [5.74, 6) is 1.46. The van der Waals surface area contributed by atoms with Crippen molar-refractivity contribution >= 4 is 6.09 Å². The van der Waals surface area contributed by atoms with Crippen LogP contribution in [0.3, 0.4) is 0 Å². The quantitative estimate of drug-likeness (QED) is 0.785. The fourth-order valence-corrected chi connectivity index (χ4v) is 2.50. The number of amides is 1. The molecule has 94 valence electrons.